The van der Waals surface area contributed by atoms with E-state index in [0.29, 0.717) is 5.46 Å². The number of methoxy groups -OCH3 is 1. The van der Waals surface area contributed by atoms with Crippen LogP contribution >= 0.6 is 0 Å². The molecular formula is C13H18BNO6. The van der Waals surface area contributed by atoms with Crippen LogP contribution in [0.1, 0.15) is 5.56 Å². The van der Waals surface area contributed by atoms with Crippen LogP contribution in [-0.4, -0.2) is 54.4 Å². The van der Waals surface area contributed by atoms with E-state index in [9.17, 15) is 9.59 Å². The molecule has 8 heteroatoms. The highest BCUT2D eigenvalue weighted by Crippen LogP contribution is 1.97. The molecule has 0 atom stereocenters. The number of nitrogens with one attached hydrogen (secondary N) is 1. The molecule has 1 aromatic rings. The van der Waals surface area contributed by atoms with Crippen molar-refractivity contribution in [2.24, 2.45) is 0 Å². The lowest BCUT2D eigenvalue weighted by Crippen LogP contribution is -2.29. The maximum Gasteiger partial charge on any atom is 0.488 e. The van der Waals surface area contributed by atoms with Crippen molar-refractivity contribution >= 4 is 30.6 Å². The van der Waals surface area contributed by atoms with E-state index in [0.717, 1.165) is 5.56 Å². The van der Waals surface area contributed by atoms with Gasteiger partial charge in [0.25, 0.3) is 0 Å². The average molecular weight is 295 g/mol. The lowest BCUT2D eigenvalue weighted by atomic mass is 9.80. The summed E-state index contributed by atoms with van der Waals surface area (Å²) in [5, 5.41) is 27.9. The van der Waals surface area contributed by atoms with Crippen LogP contribution in [0.4, 0.5) is 0 Å². The Morgan fingerprint density at radius 1 is 1.29 bits per heavy atom. The van der Waals surface area contributed by atoms with Gasteiger partial charge in [-0.25, -0.2) is 0 Å². The predicted octanol–water partition coefficient (Wildman–Crippen LogP) is -1.16. The number of carboxylic acid groups (broad SMARTS) is 1. The monoisotopic (exact) mass is 295 g/mol. The Labute approximate surface area is 123 Å². The number of aliphatic carboxylic acids is 1. The van der Waals surface area contributed by atoms with Crippen LogP contribution in [0.25, 0.3) is 6.08 Å². The molecule has 114 valence electrons. The molecule has 0 unspecified atom stereocenters. The van der Waals surface area contributed by atoms with Crippen molar-refractivity contribution < 1.29 is 29.5 Å². The van der Waals surface area contributed by atoms with Gasteiger partial charge in [0.1, 0.15) is 0 Å². The van der Waals surface area contributed by atoms with Gasteiger partial charge in [0, 0.05) is 0 Å². The van der Waals surface area contributed by atoms with E-state index in [4.69, 9.17) is 15.2 Å². The van der Waals surface area contributed by atoms with Gasteiger partial charge in [0.05, 0.1) is 20.2 Å². The molecule has 0 bridgehead atoms. The van der Waals surface area contributed by atoms with Gasteiger partial charge in [0.15, 0.2) is 0 Å². The quantitative estimate of drug-likeness (QED) is 0.386. The van der Waals surface area contributed by atoms with Crippen molar-refractivity contribution in [2.45, 2.75) is 0 Å². The molecule has 0 aliphatic carbocycles. The summed E-state index contributed by atoms with van der Waals surface area (Å²) in [5.74, 6) is -1.47. The minimum atomic E-state index is -1.38. The molecule has 1 rings (SSSR count). The van der Waals surface area contributed by atoms with Crippen LogP contribution in [0.15, 0.2) is 30.8 Å². The number of esters is 1. The van der Waals surface area contributed by atoms with Crippen LogP contribution in [0.2, 0.25) is 0 Å². The molecule has 0 aliphatic rings. The normalized spacial score (nSPS) is 9.10. The number of hydrogen-bond acceptors (Lipinski definition) is 6. The molecule has 1 aromatic carbocycles. The fourth-order valence-electron chi connectivity index (χ4n) is 1.15. The third-order valence-corrected chi connectivity index (χ3v) is 2.24. The van der Waals surface area contributed by atoms with Crippen molar-refractivity contribution in [1.29, 1.82) is 0 Å². The highest BCUT2D eigenvalue weighted by molar-refractivity contribution is 6.58. The molecule has 0 saturated heterocycles. The maximum atomic E-state index is 10.3. The second-order valence-corrected chi connectivity index (χ2v) is 3.82. The van der Waals surface area contributed by atoms with Crippen molar-refractivity contribution in [2.75, 3.05) is 20.2 Å². The fraction of sp³-hybridized carbons (Fsp3) is 0.231. The smallest absolute Gasteiger partial charge is 0.480 e. The maximum absolute atomic E-state index is 10.3. The van der Waals surface area contributed by atoms with E-state index >= 15 is 0 Å². The van der Waals surface area contributed by atoms with Crippen molar-refractivity contribution in [1.82, 2.24) is 5.32 Å². The molecule has 21 heavy (non-hydrogen) atoms. The van der Waals surface area contributed by atoms with Gasteiger partial charge < -0.3 is 19.9 Å². The van der Waals surface area contributed by atoms with Gasteiger partial charge in [-0.15, -0.1) is 0 Å². The standard InChI is InChI=1S/C8H9BO2.C5H9NO4/c1-2-7-3-5-8(6-4-7)9(10)11;1-10-5(9)3-6-2-4(7)8/h2-6,10-11H,1H2;6H,2-3H2,1H3,(H,7,8). The number of benzene rings is 1. The first-order chi connectivity index (χ1) is 9.90. The van der Waals surface area contributed by atoms with E-state index < -0.39 is 19.1 Å². The summed E-state index contributed by atoms with van der Waals surface area (Å²) in [6, 6.07) is 6.87. The van der Waals surface area contributed by atoms with E-state index in [-0.39, 0.29) is 13.1 Å². The average Bonchev–Trinajstić information content (AvgIpc) is 2.47. The molecule has 0 fully saturated rings. The molecule has 7 nitrogen and oxygen atoms in total. The Hall–Kier alpha value is -2.16. The molecule has 0 aromatic heterocycles. The highest BCUT2D eigenvalue weighted by Gasteiger charge is 2.08. The van der Waals surface area contributed by atoms with E-state index in [1.165, 1.54) is 7.11 Å². The number of carbonyl (C=O) groups is 2. The molecule has 4 N–H and O–H groups in total. The SMILES string of the molecule is C=Cc1ccc(B(O)O)cc1.COC(=O)CNCC(=O)O. The summed E-state index contributed by atoms with van der Waals surface area (Å²) in [7, 11) is -0.140. The highest BCUT2D eigenvalue weighted by atomic mass is 16.5. The number of hydrogen-bond donors (Lipinski definition) is 4. The predicted molar refractivity (Wildman–Crippen MR) is 78.9 cm³/mol. The fourth-order valence-corrected chi connectivity index (χ4v) is 1.15. The van der Waals surface area contributed by atoms with E-state index in [1.807, 2.05) is 0 Å². The lowest BCUT2D eigenvalue weighted by Gasteiger charge is -1.98. The summed E-state index contributed by atoms with van der Waals surface area (Å²) in [5.41, 5.74) is 1.46. The van der Waals surface area contributed by atoms with E-state index in [2.05, 4.69) is 16.6 Å². The summed E-state index contributed by atoms with van der Waals surface area (Å²) in [4.78, 5) is 20.2. The molecule has 0 radical (unpaired) electrons. The number of carboxylic acids is 1. The number of carbonyl (C=O) groups excluding carboxylic acids is 1. The topological polar surface area (TPSA) is 116 Å². The van der Waals surface area contributed by atoms with Gasteiger partial charge in [-0.1, -0.05) is 36.9 Å². The Bertz CT molecular complexity index is 460. The summed E-state index contributed by atoms with van der Waals surface area (Å²) >= 11 is 0. The van der Waals surface area contributed by atoms with Gasteiger partial charge in [0.2, 0.25) is 0 Å². The van der Waals surface area contributed by atoms with Crippen LogP contribution in [-0.2, 0) is 14.3 Å². The first-order valence-electron chi connectivity index (χ1n) is 5.98. The molecule has 0 aliphatic heterocycles. The van der Waals surface area contributed by atoms with Gasteiger partial charge >= 0.3 is 19.1 Å². The first-order valence-corrected chi connectivity index (χ1v) is 5.98. The summed E-state index contributed by atoms with van der Waals surface area (Å²) in [6.07, 6.45) is 1.70. The zero-order chi connectivity index (χ0) is 16.3. The number of rotatable bonds is 6. The molecule has 0 amide bonds. The second-order valence-electron chi connectivity index (χ2n) is 3.82. The Kier molecular flexibility index (Phi) is 9.52. The van der Waals surface area contributed by atoms with Gasteiger partial charge in [-0.3, -0.25) is 14.9 Å². The van der Waals surface area contributed by atoms with Gasteiger partial charge in [-0.05, 0) is 11.0 Å². The van der Waals surface area contributed by atoms with Crippen LogP contribution < -0.4 is 10.8 Å². The van der Waals surface area contributed by atoms with Crippen LogP contribution in [0.5, 0.6) is 0 Å². The summed E-state index contributed by atoms with van der Waals surface area (Å²) in [6.45, 7) is 3.29. The first kappa shape index (κ1) is 18.8. The van der Waals surface area contributed by atoms with Crippen molar-refractivity contribution in [3.8, 4) is 0 Å². The minimum Gasteiger partial charge on any atom is -0.480 e. The molecule has 0 heterocycles. The minimum absolute atomic E-state index is 0.0667. The Morgan fingerprint density at radius 2 is 1.86 bits per heavy atom. The largest absolute Gasteiger partial charge is 0.488 e. The van der Waals surface area contributed by atoms with Crippen molar-refractivity contribution in [3.05, 3.63) is 36.4 Å². The summed E-state index contributed by atoms with van der Waals surface area (Å²) < 4.78 is 4.24. The zero-order valence-electron chi connectivity index (χ0n) is 11.7. The van der Waals surface area contributed by atoms with E-state index in [1.54, 1.807) is 30.3 Å². The Balaban J connectivity index is 0.000000384. The molecule has 0 spiro atoms. The van der Waals surface area contributed by atoms with Crippen LogP contribution in [0, 0.1) is 0 Å². The number of ether oxygens (including phenoxy) is 1. The zero-order valence-corrected chi connectivity index (χ0v) is 11.7. The molecular weight excluding hydrogens is 277 g/mol. The van der Waals surface area contributed by atoms with Gasteiger partial charge in [-0.2, -0.15) is 0 Å². The third-order valence-electron chi connectivity index (χ3n) is 2.24. The second kappa shape index (κ2) is 10.6. The van der Waals surface area contributed by atoms with Crippen molar-refractivity contribution in [3.63, 3.8) is 0 Å². The third kappa shape index (κ3) is 9.39. The lowest BCUT2D eigenvalue weighted by molar-refractivity contribution is -0.140. The Morgan fingerprint density at radius 3 is 2.24 bits per heavy atom. The van der Waals surface area contributed by atoms with Crippen LogP contribution in [0.3, 0.4) is 0 Å². The molecule has 0 saturated carbocycles.